The Morgan fingerprint density at radius 2 is 2.05 bits per heavy atom. The van der Waals surface area contributed by atoms with Crippen molar-refractivity contribution in [3.8, 4) is 0 Å². The molecule has 1 amide bonds. The second kappa shape index (κ2) is 6.39. The molecule has 1 aliphatic rings. The van der Waals surface area contributed by atoms with Crippen LogP contribution in [0.3, 0.4) is 0 Å². The zero-order valence-corrected chi connectivity index (χ0v) is 14.0. The largest absolute Gasteiger partial charge is 0.350 e. The molecule has 0 aliphatic heterocycles. The molecule has 0 atom stereocenters. The first kappa shape index (κ1) is 15.7. The van der Waals surface area contributed by atoms with Gasteiger partial charge in [-0.3, -0.25) is 4.79 Å². The number of halogens is 2. The summed E-state index contributed by atoms with van der Waals surface area (Å²) in [6.45, 7) is 0.645. The molecule has 3 nitrogen and oxygen atoms in total. The molecule has 0 saturated heterocycles. The highest BCUT2D eigenvalue weighted by molar-refractivity contribution is 14.1. The Labute approximate surface area is 133 Å². The van der Waals surface area contributed by atoms with Gasteiger partial charge in [-0.15, -0.1) is 0 Å². The van der Waals surface area contributed by atoms with E-state index < -0.39 is 0 Å². The van der Waals surface area contributed by atoms with Crippen molar-refractivity contribution in [1.29, 1.82) is 0 Å². The monoisotopic (exact) mass is 390 g/mol. The van der Waals surface area contributed by atoms with Gasteiger partial charge in [0.15, 0.2) is 0 Å². The third kappa shape index (κ3) is 3.31. The van der Waals surface area contributed by atoms with Gasteiger partial charge >= 0.3 is 0 Å². The quantitative estimate of drug-likeness (QED) is 0.802. The number of hydrogen-bond acceptors (Lipinski definition) is 2. The molecule has 0 aromatic heterocycles. The standard InChI is InChI=1S/C15H20FIN2O/c1-19(2)15(7-3-4-8-15)10-18-14(20)12-6-5-11(16)9-13(12)17/h5-6,9H,3-4,7-8,10H2,1-2H3,(H,18,20). The van der Waals surface area contributed by atoms with Crippen molar-refractivity contribution in [3.05, 3.63) is 33.1 Å². The fourth-order valence-corrected chi connectivity index (χ4v) is 3.55. The molecule has 1 saturated carbocycles. The summed E-state index contributed by atoms with van der Waals surface area (Å²) in [5.74, 6) is -0.436. The van der Waals surface area contributed by atoms with Crippen molar-refractivity contribution in [2.75, 3.05) is 20.6 Å². The lowest BCUT2D eigenvalue weighted by Crippen LogP contribution is -2.50. The molecular formula is C15H20FIN2O. The van der Waals surface area contributed by atoms with Gasteiger partial charge in [-0.05, 0) is 67.7 Å². The minimum Gasteiger partial charge on any atom is -0.350 e. The molecule has 1 aromatic carbocycles. The summed E-state index contributed by atoms with van der Waals surface area (Å²) < 4.78 is 13.7. The molecule has 20 heavy (non-hydrogen) atoms. The predicted molar refractivity (Wildman–Crippen MR) is 86.3 cm³/mol. The Hall–Kier alpha value is -0.690. The van der Waals surface area contributed by atoms with Crippen LogP contribution in [0.4, 0.5) is 4.39 Å². The van der Waals surface area contributed by atoms with Crippen molar-refractivity contribution in [2.24, 2.45) is 0 Å². The SMILES string of the molecule is CN(C)C1(CNC(=O)c2ccc(F)cc2I)CCCC1. The van der Waals surface area contributed by atoms with E-state index in [9.17, 15) is 9.18 Å². The minimum atomic E-state index is -0.313. The van der Waals surface area contributed by atoms with Crippen LogP contribution in [0.1, 0.15) is 36.0 Å². The van der Waals surface area contributed by atoms with Crippen LogP contribution in [-0.4, -0.2) is 37.0 Å². The van der Waals surface area contributed by atoms with Crippen LogP contribution in [0.5, 0.6) is 0 Å². The van der Waals surface area contributed by atoms with Crippen molar-refractivity contribution in [3.63, 3.8) is 0 Å². The number of carbonyl (C=O) groups excluding carboxylic acids is 1. The predicted octanol–water partition coefficient (Wildman–Crippen LogP) is 3.03. The Morgan fingerprint density at radius 3 is 2.60 bits per heavy atom. The number of nitrogens with one attached hydrogen (secondary N) is 1. The fourth-order valence-electron chi connectivity index (χ4n) is 2.83. The van der Waals surface area contributed by atoms with Gasteiger partial charge in [-0.2, -0.15) is 0 Å². The van der Waals surface area contributed by atoms with Crippen LogP contribution in [0.15, 0.2) is 18.2 Å². The summed E-state index contributed by atoms with van der Waals surface area (Å²) in [5, 5.41) is 3.02. The molecule has 5 heteroatoms. The number of benzene rings is 1. The first-order chi connectivity index (χ1) is 9.44. The van der Waals surface area contributed by atoms with Gasteiger partial charge in [-0.1, -0.05) is 12.8 Å². The first-order valence-electron chi connectivity index (χ1n) is 6.85. The maximum absolute atomic E-state index is 13.1. The van der Waals surface area contributed by atoms with E-state index in [2.05, 4.69) is 24.3 Å². The van der Waals surface area contributed by atoms with Crippen LogP contribution < -0.4 is 5.32 Å². The highest BCUT2D eigenvalue weighted by Crippen LogP contribution is 2.33. The lowest BCUT2D eigenvalue weighted by atomic mass is 9.96. The summed E-state index contributed by atoms with van der Waals surface area (Å²) in [6, 6.07) is 4.25. The van der Waals surface area contributed by atoms with E-state index in [0.29, 0.717) is 15.7 Å². The number of hydrogen-bond donors (Lipinski definition) is 1. The Kier molecular flexibility index (Phi) is 5.01. The van der Waals surface area contributed by atoms with Crippen LogP contribution >= 0.6 is 22.6 Å². The summed E-state index contributed by atoms with van der Waals surface area (Å²) in [7, 11) is 4.14. The maximum Gasteiger partial charge on any atom is 0.252 e. The topological polar surface area (TPSA) is 32.3 Å². The summed E-state index contributed by atoms with van der Waals surface area (Å²) >= 11 is 1.99. The van der Waals surface area contributed by atoms with E-state index in [1.54, 1.807) is 6.07 Å². The number of likely N-dealkylation sites (N-methyl/N-ethyl adjacent to an activating group) is 1. The molecule has 0 heterocycles. The van der Waals surface area contributed by atoms with Gasteiger partial charge < -0.3 is 10.2 Å². The molecule has 0 radical (unpaired) electrons. The van der Waals surface area contributed by atoms with Crippen LogP contribution in [0.25, 0.3) is 0 Å². The molecule has 0 bridgehead atoms. The van der Waals surface area contributed by atoms with E-state index in [1.807, 2.05) is 22.6 Å². The molecular weight excluding hydrogens is 370 g/mol. The highest BCUT2D eigenvalue weighted by Gasteiger charge is 2.36. The summed E-state index contributed by atoms with van der Waals surface area (Å²) in [5.41, 5.74) is 0.611. The van der Waals surface area contributed by atoms with Crippen molar-refractivity contribution in [2.45, 2.75) is 31.2 Å². The number of nitrogens with zero attached hydrogens (tertiary/aromatic N) is 1. The Bertz CT molecular complexity index is 499. The Balaban J connectivity index is 2.04. The lowest BCUT2D eigenvalue weighted by Gasteiger charge is -2.36. The van der Waals surface area contributed by atoms with E-state index >= 15 is 0 Å². The van der Waals surface area contributed by atoms with Gasteiger partial charge in [-0.25, -0.2) is 4.39 Å². The van der Waals surface area contributed by atoms with Crippen molar-refractivity contribution >= 4 is 28.5 Å². The zero-order valence-electron chi connectivity index (χ0n) is 11.9. The normalized spacial score (nSPS) is 17.4. The van der Waals surface area contributed by atoms with Gasteiger partial charge in [0.25, 0.3) is 5.91 Å². The van der Waals surface area contributed by atoms with Gasteiger partial charge in [0.1, 0.15) is 5.82 Å². The number of carbonyl (C=O) groups is 1. The van der Waals surface area contributed by atoms with Crippen LogP contribution in [0, 0.1) is 9.39 Å². The smallest absolute Gasteiger partial charge is 0.252 e. The molecule has 1 fully saturated rings. The molecule has 1 aromatic rings. The second-order valence-corrected chi connectivity index (χ2v) is 6.79. The van der Waals surface area contributed by atoms with E-state index in [4.69, 9.17) is 0 Å². The summed E-state index contributed by atoms with van der Waals surface area (Å²) in [4.78, 5) is 14.5. The summed E-state index contributed by atoms with van der Waals surface area (Å²) in [6.07, 6.45) is 4.64. The van der Waals surface area contributed by atoms with Crippen LogP contribution in [-0.2, 0) is 0 Å². The molecule has 1 N–H and O–H groups in total. The molecule has 1 aliphatic carbocycles. The van der Waals surface area contributed by atoms with Crippen molar-refractivity contribution < 1.29 is 9.18 Å². The van der Waals surface area contributed by atoms with Gasteiger partial charge in [0.05, 0.1) is 5.56 Å². The van der Waals surface area contributed by atoms with Gasteiger partial charge in [0.2, 0.25) is 0 Å². The third-order valence-corrected chi connectivity index (χ3v) is 5.13. The van der Waals surface area contributed by atoms with Crippen LogP contribution in [0.2, 0.25) is 0 Å². The van der Waals surface area contributed by atoms with Gasteiger partial charge in [0, 0.05) is 15.7 Å². The zero-order chi connectivity index (χ0) is 14.8. The highest BCUT2D eigenvalue weighted by atomic mass is 127. The second-order valence-electron chi connectivity index (χ2n) is 5.63. The van der Waals surface area contributed by atoms with E-state index in [0.717, 1.165) is 12.8 Å². The molecule has 0 spiro atoms. The number of amides is 1. The third-order valence-electron chi connectivity index (χ3n) is 4.24. The Morgan fingerprint density at radius 1 is 1.40 bits per heavy atom. The van der Waals surface area contributed by atoms with E-state index in [-0.39, 0.29) is 17.3 Å². The molecule has 110 valence electrons. The average Bonchev–Trinajstić information content (AvgIpc) is 2.86. The number of rotatable bonds is 4. The first-order valence-corrected chi connectivity index (χ1v) is 7.93. The average molecular weight is 390 g/mol. The molecule has 2 rings (SSSR count). The van der Waals surface area contributed by atoms with E-state index in [1.165, 1.54) is 25.0 Å². The molecule has 0 unspecified atom stereocenters. The van der Waals surface area contributed by atoms with Crippen molar-refractivity contribution in [1.82, 2.24) is 10.2 Å². The maximum atomic E-state index is 13.1. The lowest BCUT2D eigenvalue weighted by molar-refractivity contribution is 0.0899. The fraction of sp³-hybridized carbons (Fsp3) is 0.533. The minimum absolute atomic E-state index is 0.0706.